The van der Waals surface area contributed by atoms with Gasteiger partial charge in [0.1, 0.15) is 17.6 Å². The Morgan fingerprint density at radius 3 is 2.76 bits per heavy atom. The Morgan fingerprint density at radius 2 is 2.10 bits per heavy atom. The van der Waals surface area contributed by atoms with Gasteiger partial charge in [-0.2, -0.15) is 0 Å². The van der Waals surface area contributed by atoms with Crippen molar-refractivity contribution < 1.29 is 23.5 Å². The highest BCUT2D eigenvalue weighted by Gasteiger charge is 2.40. The molecule has 1 saturated heterocycles. The molecule has 7 heteroatoms. The predicted octanol–water partition coefficient (Wildman–Crippen LogP) is 0.595. The fraction of sp³-hybridized carbons (Fsp3) is 0.357. The van der Waals surface area contributed by atoms with Gasteiger partial charge in [-0.1, -0.05) is 0 Å². The number of rotatable bonds is 2. The molecule has 3 amide bonds. The summed E-state index contributed by atoms with van der Waals surface area (Å²) >= 11 is 0. The van der Waals surface area contributed by atoms with E-state index in [9.17, 15) is 18.8 Å². The molecule has 3 rings (SSSR count). The van der Waals surface area contributed by atoms with E-state index in [1.165, 1.54) is 18.1 Å². The van der Waals surface area contributed by atoms with Gasteiger partial charge in [0.25, 0.3) is 5.91 Å². The van der Waals surface area contributed by atoms with Crippen molar-refractivity contribution in [3.63, 3.8) is 0 Å². The van der Waals surface area contributed by atoms with Crippen LogP contribution in [0.25, 0.3) is 0 Å². The van der Waals surface area contributed by atoms with Gasteiger partial charge in [0.15, 0.2) is 0 Å². The minimum absolute atomic E-state index is 0.133. The van der Waals surface area contributed by atoms with Crippen molar-refractivity contribution in [3.8, 4) is 5.75 Å². The highest BCUT2D eigenvalue weighted by atomic mass is 19.1. The maximum absolute atomic E-state index is 13.5. The first-order chi connectivity index (χ1) is 10.0. The van der Waals surface area contributed by atoms with E-state index >= 15 is 0 Å². The minimum Gasteiger partial charge on any atom is -0.496 e. The minimum atomic E-state index is -0.713. The number of amides is 3. The number of hydrogen-bond donors (Lipinski definition) is 1. The summed E-state index contributed by atoms with van der Waals surface area (Å²) in [5, 5.41) is 2.22. The van der Waals surface area contributed by atoms with Crippen LogP contribution in [0.15, 0.2) is 12.1 Å². The zero-order valence-corrected chi connectivity index (χ0v) is 11.3. The molecule has 2 heterocycles. The lowest BCUT2D eigenvalue weighted by Gasteiger charge is -2.29. The molecule has 2 aliphatic rings. The molecule has 0 spiro atoms. The van der Waals surface area contributed by atoms with Crippen LogP contribution in [-0.4, -0.2) is 35.8 Å². The van der Waals surface area contributed by atoms with Gasteiger partial charge in [0.2, 0.25) is 11.8 Å². The summed E-state index contributed by atoms with van der Waals surface area (Å²) in [6.07, 6.45) is 0.456. The zero-order chi connectivity index (χ0) is 15.1. The first-order valence-electron chi connectivity index (χ1n) is 6.52. The Labute approximate surface area is 119 Å². The van der Waals surface area contributed by atoms with Crippen molar-refractivity contribution in [1.29, 1.82) is 0 Å². The maximum atomic E-state index is 13.5. The van der Waals surface area contributed by atoms with Crippen molar-refractivity contribution in [1.82, 2.24) is 10.2 Å². The number of methoxy groups -OCH3 is 1. The lowest BCUT2D eigenvalue weighted by Crippen LogP contribution is -2.52. The summed E-state index contributed by atoms with van der Waals surface area (Å²) in [5.41, 5.74) is 0.769. The van der Waals surface area contributed by atoms with Crippen molar-refractivity contribution >= 4 is 17.7 Å². The van der Waals surface area contributed by atoms with E-state index in [0.29, 0.717) is 5.56 Å². The molecule has 1 unspecified atom stereocenters. The topological polar surface area (TPSA) is 75.7 Å². The smallest absolute Gasteiger partial charge is 0.258 e. The van der Waals surface area contributed by atoms with Crippen LogP contribution in [0.3, 0.4) is 0 Å². The van der Waals surface area contributed by atoms with Gasteiger partial charge < -0.3 is 9.64 Å². The molecular formula is C14H13FN2O4. The first-order valence-corrected chi connectivity index (χ1v) is 6.52. The van der Waals surface area contributed by atoms with Crippen LogP contribution >= 0.6 is 0 Å². The number of fused-ring (bicyclic) bond motifs is 1. The summed E-state index contributed by atoms with van der Waals surface area (Å²) in [7, 11) is 1.36. The van der Waals surface area contributed by atoms with Gasteiger partial charge >= 0.3 is 0 Å². The molecule has 1 fully saturated rings. The molecule has 2 aliphatic heterocycles. The molecule has 110 valence electrons. The largest absolute Gasteiger partial charge is 0.496 e. The number of nitrogens with zero attached hydrogens (tertiary/aromatic N) is 1. The first kappa shape index (κ1) is 13.5. The normalized spacial score (nSPS) is 21.3. The van der Waals surface area contributed by atoms with Crippen LogP contribution in [0.4, 0.5) is 4.39 Å². The number of ether oxygens (including phenoxy) is 1. The maximum Gasteiger partial charge on any atom is 0.258 e. The average molecular weight is 292 g/mol. The van der Waals surface area contributed by atoms with E-state index in [2.05, 4.69) is 5.32 Å². The third-order valence-electron chi connectivity index (χ3n) is 3.77. The zero-order valence-electron chi connectivity index (χ0n) is 11.3. The van der Waals surface area contributed by atoms with E-state index in [0.717, 1.165) is 6.07 Å². The van der Waals surface area contributed by atoms with Crippen LogP contribution in [0, 0.1) is 5.82 Å². The summed E-state index contributed by atoms with van der Waals surface area (Å²) < 4.78 is 18.5. The van der Waals surface area contributed by atoms with Crippen molar-refractivity contribution in [2.45, 2.75) is 25.4 Å². The Bertz CT molecular complexity index is 659. The third-order valence-corrected chi connectivity index (χ3v) is 3.77. The number of halogens is 1. The Hall–Kier alpha value is -2.44. The quantitative estimate of drug-likeness (QED) is 0.810. The number of hydrogen-bond acceptors (Lipinski definition) is 4. The molecule has 0 aromatic heterocycles. The molecule has 0 saturated carbocycles. The van der Waals surface area contributed by atoms with E-state index in [-0.39, 0.29) is 42.5 Å². The fourth-order valence-electron chi connectivity index (χ4n) is 2.79. The number of carbonyl (C=O) groups is 3. The standard InChI is InChI=1S/C14H13FN2O4/c1-21-10-5-8(15)4-7-6-17(14(20)12(7)10)9-2-3-11(18)16-13(9)19/h4-5,9H,2-3,6H2,1H3,(H,16,18,19). The van der Waals surface area contributed by atoms with Gasteiger partial charge in [-0.15, -0.1) is 0 Å². The van der Waals surface area contributed by atoms with Gasteiger partial charge in [-0.3, -0.25) is 19.7 Å². The van der Waals surface area contributed by atoms with Crippen LogP contribution in [0.1, 0.15) is 28.8 Å². The van der Waals surface area contributed by atoms with Gasteiger partial charge in [-0.25, -0.2) is 4.39 Å². The number of piperidine rings is 1. The van der Waals surface area contributed by atoms with Crippen LogP contribution in [0.5, 0.6) is 5.75 Å². The monoisotopic (exact) mass is 292 g/mol. The molecule has 1 atom stereocenters. The fourth-order valence-corrected chi connectivity index (χ4v) is 2.79. The Morgan fingerprint density at radius 1 is 1.33 bits per heavy atom. The third kappa shape index (κ3) is 2.14. The van der Waals surface area contributed by atoms with E-state index < -0.39 is 17.8 Å². The van der Waals surface area contributed by atoms with Gasteiger partial charge in [0.05, 0.1) is 12.7 Å². The molecule has 0 bridgehead atoms. The molecule has 6 nitrogen and oxygen atoms in total. The molecule has 0 aliphatic carbocycles. The van der Waals surface area contributed by atoms with E-state index in [4.69, 9.17) is 4.74 Å². The summed E-state index contributed by atoms with van der Waals surface area (Å²) in [4.78, 5) is 36.9. The molecule has 1 N–H and O–H groups in total. The molecular weight excluding hydrogens is 279 g/mol. The molecule has 1 aromatic rings. The van der Waals surface area contributed by atoms with Gasteiger partial charge in [0, 0.05) is 19.0 Å². The van der Waals surface area contributed by atoms with Crippen molar-refractivity contribution in [2.75, 3.05) is 7.11 Å². The summed E-state index contributed by atoms with van der Waals surface area (Å²) in [5.74, 6) is -1.56. The van der Waals surface area contributed by atoms with Crippen molar-refractivity contribution in [3.05, 3.63) is 29.1 Å². The second kappa shape index (κ2) is 4.83. The summed E-state index contributed by atoms with van der Waals surface area (Å²) in [6.45, 7) is 0.133. The van der Waals surface area contributed by atoms with Gasteiger partial charge in [-0.05, 0) is 18.1 Å². The average Bonchev–Trinajstić information content (AvgIpc) is 2.75. The highest BCUT2D eigenvalue weighted by molar-refractivity contribution is 6.06. The number of carbonyl (C=O) groups excluding carboxylic acids is 3. The Kier molecular flexibility index (Phi) is 3.12. The number of nitrogens with one attached hydrogen (secondary N) is 1. The highest BCUT2D eigenvalue weighted by Crippen LogP contribution is 2.34. The van der Waals surface area contributed by atoms with E-state index in [1.54, 1.807) is 0 Å². The molecule has 0 radical (unpaired) electrons. The van der Waals surface area contributed by atoms with Crippen LogP contribution < -0.4 is 10.1 Å². The Balaban J connectivity index is 1.94. The molecule has 21 heavy (non-hydrogen) atoms. The lowest BCUT2D eigenvalue weighted by molar-refractivity contribution is -0.136. The number of imide groups is 1. The van der Waals surface area contributed by atoms with Crippen LogP contribution in [-0.2, 0) is 16.1 Å². The molecule has 1 aromatic carbocycles. The second-order valence-electron chi connectivity index (χ2n) is 5.04. The lowest BCUT2D eigenvalue weighted by atomic mass is 10.0. The number of benzene rings is 1. The summed E-state index contributed by atoms with van der Waals surface area (Å²) in [6, 6.07) is 1.70. The second-order valence-corrected chi connectivity index (χ2v) is 5.04. The van der Waals surface area contributed by atoms with Crippen molar-refractivity contribution in [2.24, 2.45) is 0 Å². The predicted molar refractivity (Wildman–Crippen MR) is 69.0 cm³/mol. The van der Waals surface area contributed by atoms with Crippen LogP contribution in [0.2, 0.25) is 0 Å². The SMILES string of the molecule is COc1cc(F)cc2c1C(=O)N(C1CCC(=O)NC1=O)C2. The van der Waals surface area contributed by atoms with E-state index in [1.807, 2.05) is 0 Å².